The van der Waals surface area contributed by atoms with Crippen molar-refractivity contribution in [3.8, 4) is 0 Å². The van der Waals surface area contributed by atoms with Gasteiger partial charge in [-0.1, -0.05) is 6.07 Å². The fourth-order valence-electron chi connectivity index (χ4n) is 1.88. The molecule has 0 saturated heterocycles. The van der Waals surface area contributed by atoms with Crippen LogP contribution in [0.2, 0.25) is 0 Å². The molecular weight excluding hydrogens is 213 g/mol. The zero-order valence-corrected chi connectivity index (χ0v) is 8.44. The van der Waals surface area contributed by atoms with Gasteiger partial charge >= 0.3 is 6.09 Å². The van der Waals surface area contributed by atoms with Gasteiger partial charge in [-0.05, 0) is 23.6 Å². The van der Waals surface area contributed by atoms with Gasteiger partial charge in [0, 0.05) is 13.1 Å². The Hall–Kier alpha value is -1.91. The highest BCUT2D eigenvalue weighted by Crippen LogP contribution is 2.23. The van der Waals surface area contributed by atoms with E-state index in [4.69, 9.17) is 5.11 Å². The molecule has 84 valence electrons. The molecule has 1 amide bonds. The molecule has 1 aliphatic rings. The van der Waals surface area contributed by atoms with Gasteiger partial charge < -0.3 is 10.0 Å². The van der Waals surface area contributed by atoms with Gasteiger partial charge in [-0.25, -0.2) is 9.18 Å². The van der Waals surface area contributed by atoms with E-state index < -0.39 is 11.9 Å². The van der Waals surface area contributed by atoms with Crippen molar-refractivity contribution in [2.24, 2.45) is 0 Å². The van der Waals surface area contributed by atoms with E-state index in [0.717, 1.165) is 0 Å². The molecule has 1 aromatic rings. The Labute approximate surface area is 91.3 Å². The van der Waals surface area contributed by atoms with Crippen LogP contribution in [0.1, 0.15) is 21.5 Å². The van der Waals surface area contributed by atoms with E-state index in [2.05, 4.69) is 0 Å². The Morgan fingerprint density at radius 1 is 1.50 bits per heavy atom. The van der Waals surface area contributed by atoms with E-state index in [0.29, 0.717) is 23.8 Å². The molecule has 0 spiro atoms. The molecular formula is C11H10FNO3. The number of benzene rings is 1. The summed E-state index contributed by atoms with van der Waals surface area (Å²) in [6.45, 7) is 0.447. The Morgan fingerprint density at radius 2 is 2.25 bits per heavy atom. The van der Waals surface area contributed by atoms with E-state index in [1.807, 2.05) is 0 Å². The van der Waals surface area contributed by atoms with Crippen molar-refractivity contribution in [1.29, 1.82) is 0 Å². The number of carbonyl (C=O) groups is 2. The summed E-state index contributed by atoms with van der Waals surface area (Å²) >= 11 is 0. The van der Waals surface area contributed by atoms with E-state index in [1.165, 1.54) is 11.0 Å². The fraction of sp³-hybridized carbons (Fsp3) is 0.273. The lowest BCUT2D eigenvalue weighted by molar-refractivity contribution is 0.111. The van der Waals surface area contributed by atoms with Gasteiger partial charge in [0.15, 0.2) is 6.29 Å². The Kier molecular flexibility index (Phi) is 2.60. The molecule has 0 aromatic heterocycles. The molecule has 0 bridgehead atoms. The van der Waals surface area contributed by atoms with Crippen LogP contribution in [0.4, 0.5) is 9.18 Å². The Morgan fingerprint density at radius 3 is 2.88 bits per heavy atom. The minimum atomic E-state index is -1.01. The maximum atomic E-state index is 13.7. The first-order valence-corrected chi connectivity index (χ1v) is 4.86. The predicted molar refractivity (Wildman–Crippen MR) is 53.9 cm³/mol. The van der Waals surface area contributed by atoms with Crippen LogP contribution in [-0.4, -0.2) is 28.9 Å². The number of rotatable bonds is 1. The lowest BCUT2D eigenvalue weighted by atomic mass is 9.97. The summed E-state index contributed by atoms with van der Waals surface area (Å²) in [4.78, 5) is 22.5. The Bertz CT molecular complexity index is 459. The summed E-state index contributed by atoms with van der Waals surface area (Å²) in [7, 11) is 0. The second-order valence-corrected chi connectivity index (χ2v) is 3.68. The smallest absolute Gasteiger partial charge is 0.407 e. The van der Waals surface area contributed by atoms with Crippen molar-refractivity contribution in [1.82, 2.24) is 4.90 Å². The van der Waals surface area contributed by atoms with Gasteiger partial charge in [0.2, 0.25) is 0 Å². The van der Waals surface area contributed by atoms with Crippen LogP contribution < -0.4 is 0 Å². The first-order chi connectivity index (χ1) is 7.63. The third kappa shape index (κ3) is 1.64. The average Bonchev–Trinajstić information content (AvgIpc) is 2.29. The van der Waals surface area contributed by atoms with Gasteiger partial charge in [-0.2, -0.15) is 0 Å². The summed E-state index contributed by atoms with van der Waals surface area (Å²) in [5.41, 5.74) is 1.13. The van der Waals surface area contributed by atoms with Crippen molar-refractivity contribution in [2.45, 2.75) is 13.0 Å². The van der Waals surface area contributed by atoms with Crippen LogP contribution in [0, 0.1) is 5.82 Å². The standard InChI is InChI=1S/C11H10FNO3/c12-10-8(6-14)2-1-7-5-13(11(15)16)4-3-9(7)10/h1-2,6H,3-5H2,(H,15,16). The first-order valence-electron chi connectivity index (χ1n) is 4.86. The highest BCUT2D eigenvalue weighted by molar-refractivity contribution is 5.76. The normalized spacial score (nSPS) is 14.4. The molecule has 4 nitrogen and oxygen atoms in total. The third-order valence-electron chi connectivity index (χ3n) is 2.76. The second kappa shape index (κ2) is 3.92. The van der Waals surface area contributed by atoms with E-state index >= 15 is 0 Å². The summed E-state index contributed by atoms with van der Waals surface area (Å²) in [6.07, 6.45) is -0.223. The van der Waals surface area contributed by atoms with Gasteiger partial charge in [-0.3, -0.25) is 4.79 Å². The molecule has 0 radical (unpaired) electrons. The minimum absolute atomic E-state index is 0.0301. The van der Waals surface area contributed by atoms with Crippen LogP contribution in [0.3, 0.4) is 0 Å². The van der Waals surface area contributed by atoms with Crippen LogP contribution in [0.25, 0.3) is 0 Å². The van der Waals surface area contributed by atoms with Crippen molar-refractivity contribution >= 4 is 12.4 Å². The van der Waals surface area contributed by atoms with Crippen molar-refractivity contribution in [3.05, 3.63) is 34.6 Å². The van der Waals surface area contributed by atoms with Crippen LogP contribution in [0.5, 0.6) is 0 Å². The molecule has 0 fully saturated rings. The molecule has 0 unspecified atom stereocenters. The van der Waals surface area contributed by atoms with Crippen molar-refractivity contribution in [2.75, 3.05) is 6.54 Å². The largest absolute Gasteiger partial charge is 0.465 e. The topological polar surface area (TPSA) is 57.6 Å². The second-order valence-electron chi connectivity index (χ2n) is 3.68. The summed E-state index contributed by atoms with van der Waals surface area (Å²) < 4.78 is 13.7. The number of hydrogen-bond acceptors (Lipinski definition) is 2. The van der Waals surface area contributed by atoms with Crippen molar-refractivity contribution < 1.29 is 19.1 Å². The molecule has 1 aliphatic heterocycles. The van der Waals surface area contributed by atoms with Gasteiger partial charge in [-0.15, -0.1) is 0 Å². The van der Waals surface area contributed by atoms with E-state index in [1.54, 1.807) is 6.07 Å². The maximum Gasteiger partial charge on any atom is 0.407 e. The molecule has 0 saturated carbocycles. The fourth-order valence-corrected chi connectivity index (χ4v) is 1.88. The summed E-state index contributed by atoms with van der Waals surface area (Å²) in [6, 6.07) is 2.99. The molecule has 1 aromatic carbocycles. The lowest BCUT2D eigenvalue weighted by Gasteiger charge is -2.26. The van der Waals surface area contributed by atoms with E-state index in [-0.39, 0.29) is 18.7 Å². The SMILES string of the molecule is O=Cc1ccc2c(c1F)CCN(C(=O)O)C2. The number of aldehydes is 1. The molecule has 1 N–H and O–H groups in total. The van der Waals surface area contributed by atoms with Crippen LogP contribution in [-0.2, 0) is 13.0 Å². The molecule has 1 heterocycles. The van der Waals surface area contributed by atoms with Crippen molar-refractivity contribution in [3.63, 3.8) is 0 Å². The quantitative estimate of drug-likeness (QED) is 0.737. The molecule has 0 aliphatic carbocycles. The lowest BCUT2D eigenvalue weighted by Crippen LogP contribution is -2.35. The van der Waals surface area contributed by atoms with Crippen LogP contribution in [0.15, 0.2) is 12.1 Å². The molecule has 16 heavy (non-hydrogen) atoms. The number of nitrogens with zero attached hydrogens (tertiary/aromatic N) is 1. The van der Waals surface area contributed by atoms with Gasteiger partial charge in [0.1, 0.15) is 5.82 Å². The highest BCUT2D eigenvalue weighted by atomic mass is 19.1. The predicted octanol–water partition coefficient (Wildman–Crippen LogP) is 1.67. The van der Waals surface area contributed by atoms with E-state index in [9.17, 15) is 14.0 Å². The number of carbonyl (C=O) groups excluding carboxylic acids is 1. The monoisotopic (exact) mass is 223 g/mol. The highest BCUT2D eigenvalue weighted by Gasteiger charge is 2.23. The molecule has 2 rings (SSSR count). The van der Waals surface area contributed by atoms with Gasteiger partial charge in [0.05, 0.1) is 5.56 Å². The maximum absolute atomic E-state index is 13.7. The van der Waals surface area contributed by atoms with Gasteiger partial charge in [0.25, 0.3) is 0 Å². The number of halogens is 1. The molecule has 0 atom stereocenters. The zero-order valence-electron chi connectivity index (χ0n) is 8.44. The first kappa shape index (κ1) is 10.6. The van der Waals surface area contributed by atoms with Crippen LogP contribution >= 0.6 is 0 Å². The number of amides is 1. The number of carboxylic acid groups (broad SMARTS) is 1. The zero-order chi connectivity index (χ0) is 11.7. The third-order valence-corrected chi connectivity index (χ3v) is 2.76. The minimum Gasteiger partial charge on any atom is -0.465 e. The number of fused-ring (bicyclic) bond motifs is 1. The summed E-state index contributed by atoms with van der Waals surface area (Å²) in [5, 5.41) is 8.81. The average molecular weight is 223 g/mol. The Balaban J connectivity index is 2.38. The molecule has 5 heteroatoms. The number of hydrogen-bond donors (Lipinski definition) is 1. The summed E-state index contributed by atoms with van der Waals surface area (Å²) in [5.74, 6) is -0.516.